The first-order chi connectivity index (χ1) is 6.83. The fourth-order valence-electron chi connectivity index (χ4n) is 1.84. The van der Waals surface area contributed by atoms with Crippen molar-refractivity contribution < 1.29 is 24.7 Å². The Hall–Kier alpha value is 0.568. The Morgan fingerprint density at radius 1 is 0.562 bits per heavy atom. The lowest BCUT2D eigenvalue weighted by Crippen LogP contribution is -2.63. The molecule has 0 atom stereocenters. The lowest BCUT2D eigenvalue weighted by molar-refractivity contribution is 0.163. The zero-order valence-corrected chi connectivity index (χ0v) is 14.4. The lowest BCUT2D eigenvalue weighted by Gasteiger charge is -2.42. The quantitative estimate of drug-likeness (QED) is 0.509. The van der Waals surface area contributed by atoms with Crippen LogP contribution >= 0.6 is 0 Å². The molecule has 1 aliphatic heterocycles. The van der Waals surface area contributed by atoms with Crippen molar-refractivity contribution in [3.63, 3.8) is 0 Å². The number of halogens is 2. The normalized spacial score (nSPS) is 31.5. The van der Waals surface area contributed by atoms with E-state index >= 15 is 0 Å². The van der Waals surface area contributed by atoms with E-state index in [1.165, 1.54) is 0 Å². The zero-order valence-electron chi connectivity index (χ0n) is 10.4. The van der Waals surface area contributed by atoms with Gasteiger partial charge in [0, 0.05) is 0 Å². The molecule has 4 nitrogen and oxygen atoms in total. The highest BCUT2D eigenvalue weighted by molar-refractivity contribution is 6.90. The van der Waals surface area contributed by atoms with Gasteiger partial charge >= 0.3 is 34.9 Å². The molecule has 0 unspecified atom stereocenters. The predicted molar refractivity (Wildman–Crippen MR) is 64.8 cm³/mol. The summed E-state index contributed by atoms with van der Waals surface area (Å²) in [6, 6.07) is 0. The zero-order chi connectivity index (χ0) is 12.8. The van der Waals surface area contributed by atoms with Crippen LogP contribution in [0.1, 0.15) is 0 Å². The van der Waals surface area contributed by atoms with Gasteiger partial charge in [-0.3, -0.25) is 0 Å². The van der Waals surface area contributed by atoms with E-state index in [9.17, 15) is 8.22 Å². The van der Waals surface area contributed by atoms with Gasteiger partial charge in [0.25, 0.3) is 0 Å². The van der Waals surface area contributed by atoms with E-state index < -0.39 is 34.9 Å². The fraction of sp³-hybridized carbons (Fsp3) is 1.00. The molecular weight excluding hydrogens is 286 g/mol. The summed E-state index contributed by atoms with van der Waals surface area (Å²) in [5.74, 6) is 0. The Morgan fingerprint density at radius 3 is 1.12 bits per heavy atom. The Bertz CT molecular complexity index is 212. The molecule has 0 aliphatic carbocycles. The second-order valence-corrected chi connectivity index (χ2v) is 17.7. The minimum Gasteiger partial charge on any atom is -0.416 e. The van der Waals surface area contributed by atoms with Gasteiger partial charge in [0.1, 0.15) is 0 Å². The summed E-state index contributed by atoms with van der Waals surface area (Å²) in [6.07, 6.45) is 0. The summed E-state index contributed by atoms with van der Waals surface area (Å²) in [7, 11) is -13.3. The van der Waals surface area contributed by atoms with Crippen LogP contribution in [0.5, 0.6) is 0 Å². The van der Waals surface area contributed by atoms with Gasteiger partial charge in [-0.1, -0.05) is 0 Å². The van der Waals surface area contributed by atoms with Crippen molar-refractivity contribution in [2.75, 3.05) is 0 Å². The van der Waals surface area contributed by atoms with Crippen LogP contribution in [-0.4, -0.2) is 34.9 Å². The third kappa shape index (κ3) is 4.44. The molecule has 1 aliphatic rings. The van der Waals surface area contributed by atoms with E-state index in [1.54, 1.807) is 26.2 Å². The van der Waals surface area contributed by atoms with Gasteiger partial charge in [-0.25, -0.2) is 8.22 Å². The standard InChI is InChI=1S/C6H18F2O4Si4/c1-13(2)9-14(3,4)11-16(7,8)12-15(5,6)10-13/h1-6H3. The Morgan fingerprint density at radius 2 is 0.812 bits per heavy atom. The smallest absolute Gasteiger partial charge is 0.416 e. The molecule has 1 saturated heterocycles. The first-order valence-corrected chi connectivity index (χ1v) is 15.0. The topological polar surface area (TPSA) is 36.9 Å². The number of hydrogen-bond donors (Lipinski definition) is 0. The minimum atomic E-state index is -5.11. The van der Waals surface area contributed by atoms with Crippen molar-refractivity contribution in [1.82, 2.24) is 0 Å². The molecule has 0 aromatic heterocycles. The van der Waals surface area contributed by atoms with Gasteiger partial charge < -0.3 is 16.5 Å². The summed E-state index contributed by atoms with van der Waals surface area (Å²) < 4.78 is 48.0. The van der Waals surface area contributed by atoms with Crippen LogP contribution in [0.4, 0.5) is 8.22 Å². The number of hydrogen-bond acceptors (Lipinski definition) is 4. The van der Waals surface area contributed by atoms with Crippen molar-refractivity contribution in [3.05, 3.63) is 0 Å². The summed E-state index contributed by atoms with van der Waals surface area (Å²) in [4.78, 5) is 0. The monoisotopic (exact) mass is 304 g/mol. The Balaban J connectivity index is 2.98. The molecule has 0 aromatic carbocycles. The van der Waals surface area contributed by atoms with Gasteiger partial charge in [-0.15, -0.1) is 0 Å². The molecule has 96 valence electrons. The van der Waals surface area contributed by atoms with Crippen LogP contribution in [0.3, 0.4) is 0 Å². The summed E-state index contributed by atoms with van der Waals surface area (Å²) in [5.41, 5.74) is 0. The Kier molecular flexibility index (Phi) is 3.70. The summed E-state index contributed by atoms with van der Waals surface area (Å²) in [5, 5.41) is 0. The van der Waals surface area contributed by atoms with E-state index in [1.807, 2.05) is 13.1 Å². The first-order valence-electron chi connectivity index (χ1n) is 5.01. The maximum atomic E-state index is 13.5. The van der Waals surface area contributed by atoms with E-state index in [0.29, 0.717) is 0 Å². The molecule has 0 spiro atoms. The van der Waals surface area contributed by atoms with E-state index in [4.69, 9.17) is 16.5 Å². The van der Waals surface area contributed by atoms with Gasteiger partial charge in [0.05, 0.1) is 0 Å². The van der Waals surface area contributed by atoms with Crippen LogP contribution in [0.15, 0.2) is 0 Å². The van der Waals surface area contributed by atoms with Crippen molar-refractivity contribution >= 4 is 34.9 Å². The third-order valence-corrected chi connectivity index (χ3v) is 15.4. The maximum Gasteiger partial charge on any atom is 0.742 e. The predicted octanol–water partition coefficient (Wildman–Crippen LogP) is 2.55. The molecule has 1 fully saturated rings. The summed E-state index contributed by atoms with van der Waals surface area (Å²) in [6.45, 7) is 10.0. The number of rotatable bonds is 0. The van der Waals surface area contributed by atoms with Crippen LogP contribution in [-0.2, 0) is 16.5 Å². The molecule has 1 heterocycles. The molecule has 0 bridgehead atoms. The van der Waals surface area contributed by atoms with E-state index in [2.05, 4.69) is 0 Å². The molecule has 1 rings (SSSR count). The molecule has 0 saturated carbocycles. The van der Waals surface area contributed by atoms with Gasteiger partial charge in [-0.2, -0.15) is 0 Å². The largest absolute Gasteiger partial charge is 0.742 e. The van der Waals surface area contributed by atoms with Crippen LogP contribution in [0.2, 0.25) is 39.3 Å². The van der Waals surface area contributed by atoms with Gasteiger partial charge in [0.15, 0.2) is 0 Å². The van der Waals surface area contributed by atoms with E-state index in [0.717, 1.165) is 0 Å². The molecule has 0 amide bonds. The fourth-order valence-corrected chi connectivity index (χ4v) is 18.1. The molecule has 0 radical (unpaired) electrons. The van der Waals surface area contributed by atoms with Crippen molar-refractivity contribution in [1.29, 1.82) is 0 Å². The molecule has 0 aromatic rings. The summed E-state index contributed by atoms with van der Waals surface area (Å²) >= 11 is 0. The molecule has 16 heavy (non-hydrogen) atoms. The van der Waals surface area contributed by atoms with Crippen molar-refractivity contribution in [2.24, 2.45) is 0 Å². The first kappa shape index (κ1) is 14.6. The molecular formula is C6H18F2O4Si4. The van der Waals surface area contributed by atoms with Crippen LogP contribution in [0, 0.1) is 0 Å². The average molecular weight is 305 g/mol. The van der Waals surface area contributed by atoms with Crippen LogP contribution < -0.4 is 0 Å². The Labute approximate surface area is 99.2 Å². The van der Waals surface area contributed by atoms with Crippen LogP contribution in [0.25, 0.3) is 0 Å². The second kappa shape index (κ2) is 4.05. The average Bonchev–Trinajstić information content (AvgIpc) is 1.67. The molecule has 0 N–H and O–H groups in total. The van der Waals surface area contributed by atoms with E-state index in [-0.39, 0.29) is 0 Å². The highest BCUT2D eigenvalue weighted by atomic mass is 28.6. The third-order valence-electron chi connectivity index (χ3n) is 1.71. The van der Waals surface area contributed by atoms with Gasteiger partial charge in [-0.05, 0) is 39.3 Å². The van der Waals surface area contributed by atoms with Crippen molar-refractivity contribution in [3.8, 4) is 0 Å². The highest BCUT2D eigenvalue weighted by Crippen LogP contribution is 2.31. The maximum absolute atomic E-state index is 13.5. The molecule has 10 heteroatoms. The highest BCUT2D eigenvalue weighted by Gasteiger charge is 2.58. The van der Waals surface area contributed by atoms with Gasteiger partial charge in [0.2, 0.25) is 0 Å². The van der Waals surface area contributed by atoms with Crippen molar-refractivity contribution in [2.45, 2.75) is 39.3 Å². The minimum absolute atomic E-state index is 1.59. The SMILES string of the molecule is C[Si]1(C)O[Si](C)(C)O[Si](F)(F)O[Si](C)(C)O1. The lowest BCUT2D eigenvalue weighted by atomic mass is 11.9. The second-order valence-electron chi connectivity index (χ2n) is 5.07.